The highest BCUT2D eigenvalue weighted by Crippen LogP contribution is 2.59. The predicted molar refractivity (Wildman–Crippen MR) is 70.4 cm³/mol. The van der Waals surface area contributed by atoms with Crippen LogP contribution in [-0.4, -0.2) is 39.3 Å². The third-order valence-electron chi connectivity index (χ3n) is 5.90. The van der Waals surface area contributed by atoms with Gasteiger partial charge in [-0.25, -0.2) is 4.79 Å². The van der Waals surface area contributed by atoms with E-state index in [0.717, 1.165) is 0 Å². The number of hydrogen-bond donors (Lipinski definition) is 3. The highest BCUT2D eigenvalue weighted by Gasteiger charge is 2.63. The van der Waals surface area contributed by atoms with Crippen molar-refractivity contribution in [1.29, 1.82) is 0 Å². The summed E-state index contributed by atoms with van der Waals surface area (Å²) in [6.45, 7) is 5.59. The van der Waals surface area contributed by atoms with Crippen LogP contribution in [0.15, 0.2) is 11.1 Å². The van der Waals surface area contributed by atoms with Gasteiger partial charge in [-0.05, 0) is 31.6 Å². The molecule has 1 heterocycles. The second-order valence-electron chi connectivity index (χ2n) is 6.91. The van der Waals surface area contributed by atoms with Crippen molar-refractivity contribution < 1.29 is 24.9 Å². The fourth-order valence-electron chi connectivity index (χ4n) is 4.44. The van der Waals surface area contributed by atoms with Crippen LogP contribution < -0.4 is 0 Å². The van der Waals surface area contributed by atoms with Gasteiger partial charge in [0.05, 0.1) is 12.2 Å². The first kappa shape index (κ1) is 14.0. The van der Waals surface area contributed by atoms with Crippen molar-refractivity contribution in [2.24, 2.45) is 17.3 Å². The molecule has 2 fully saturated rings. The first-order valence-corrected chi connectivity index (χ1v) is 7.23. The Morgan fingerprint density at radius 2 is 1.95 bits per heavy atom. The summed E-state index contributed by atoms with van der Waals surface area (Å²) < 4.78 is 5.10. The van der Waals surface area contributed by atoms with Crippen molar-refractivity contribution in [3.8, 4) is 0 Å². The second-order valence-corrected chi connectivity index (χ2v) is 6.91. The van der Waals surface area contributed by atoms with Gasteiger partial charge >= 0.3 is 5.97 Å². The van der Waals surface area contributed by atoms with Gasteiger partial charge in [0.25, 0.3) is 0 Å². The molecular weight excluding hydrogens is 260 g/mol. The van der Waals surface area contributed by atoms with Crippen LogP contribution in [0.2, 0.25) is 0 Å². The molecule has 2 saturated carbocycles. The Hall–Kier alpha value is -0.910. The van der Waals surface area contributed by atoms with Gasteiger partial charge in [0, 0.05) is 23.0 Å². The van der Waals surface area contributed by atoms with E-state index in [1.807, 2.05) is 13.8 Å². The summed E-state index contributed by atoms with van der Waals surface area (Å²) in [5, 5.41) is 31.4. The summed E-state index contributed by atoms with van der Waals surface area (Å²) in [6, 6.07) is 0. The lowest BCUT2D eigenvalue weighted by Crippen LogP contribution is -2.59. The Bertz CT molecular complexity index is 498. The normalized spacial score (nSPS) is 51.6. The molecule has 0 aromatic heterocycles. The minimum Gasteiger partial charge on any atom is -0.426 e. The monoisotopic (exact) mass is 282 g/mol. The Balaban J connectivity index is 2.09. The number of ether oxygens (including phenoxy) is 1. The highest BCUT2D eigenvalue weighted by atomic mass is 16.7. The van der Waals surface area contributed by atoms with Crippen LogP contribution in [-0.2, 0) is 9.53 Å². The van der Waals surface area contributed by atoms with Gasteiger partial charge in [0.2, 0.25) is 5.79 Å². The van der Waals surface area contributed by atoms with Crippen LogP contribution >= 0.6 is 0 Å². The zero-order valence-electron chi connectivity index (χ0n) is 12.1. The lowest BCUT2D eigenvalue weighted by atomic mass is 9.52. The Morgan fingerprint density at radius 1 is 1.30 bits per heavy atom. The lowest BCUT2D eigenvalue weighted by Gasteiger charge is -2.56. The molecule has 0 saturated heterocycles. The molecule has 0 unspecified atom stereocenters. The van der Waals surface area contributed by atoms with Crippen molar-refractivity contribution in [2.45, 2.75) is 58.0 Å². The number of aliphatic hydroxyl groups is 3. The molecule has 20 heavy (non-hydrogen) atoms. The van der Waals surface area contributed by atoms with E-state index in [9.17, 15) is 20.1 Å². The number of hydrogen-bond acceptors (Lipinski definition) is 5. The Morgan fingerprint density at radius 3 is 2.60 bits per heavy atom. The number of carbonyl (C=O) groups is 1. The van der Waals surface area contributed by atoms with E-state index >= 15 is 0 Å². The molecule has 6 atom stereocenters. The molecule has 3 N–H and O–H groups in total. The zero-order chi connectivity index (χ0) is 14.9. The molecule has 0 aromatic carbocycles. The number of esters is 1. The molecule has 0 aromatic rings. The van der Waals surface area contributed by atoms with Crippen molar-refractivity contribution in [3.05, 3.63) is 11.1 Å². The Labute approximate surface area is 118 Å². The van der Waals surface area contributed by atoms with E-state index < -0.39 is 29.4 Å². The zero-order valence-corrected chi connectivity index (χ0v) is 12.1. The van der Waals surface area contributed by atoms with Crippen molar-refractivity contribution in [3.63, 3.8) is 0 Å². The second kappa shape index (κ2) is 4.06. The molecule has 0 bridgehead atoms. The third kappa shape index (κ3) is 1.57. The molecule has 0 radical (unpaired) electrons. The molecule has 0 spiro atoms. The molecule has 5 heteroatoms. The average Bonchev–Trinajstić information content (AvgIpc) is 2.55. The van der Waals surface area contributed by atoms with Gasteiger partial charge in [-0.2, -0.15) is 0 Å². The quantitative estimate of drug-likeness (QED) is 0.570. The molecule has 3 rings (SSSR count). The van der Waals surface area contributed by atoms with E-state index in [2.05, 4.69) is 0 Å². The molecule has 1 aliphatic heterocycles. The SMILES string of the molecule is CC1=C2[C@@H](O)[C@@]3(C)[C@H](C[C@H](O)C[C@@H]3C)C[C@]2(O)OC1=O. The van der Waals surface area contributed by atoms with Crippen LogP contribution in [0.5, 0.6) is 0 Å². The maximum Gasteiger partial charge on any atom is 0.336 e. The van der Waals surface area contributed by atoms with E-state index in [4.69, 9.17) is 4.74 Å². The van der Waals surface area contributed by atoms with Crippen molar-refractivity contribution in [2.75, 3.05) is 0 Å². The largest absolute Gasteiger partial charge is 0.426 e. The molecule has 5 nitrogen and oxygen atoms in total. The lowest BCUT2D eigenvalue weighted by molar-refractivity contribution is -0.226. The summed E-state index contributed by atoms with van der Waals surface area (Å²) >= 11 is 0. The molecule has 0 amide bonds. The van der Waals surface area contributed by atoms with Gasteiger partial charge in [-0.15, -0.1) is 0 Å². The van der Waals surface area contributed by atoms with Crippen LogP contribution in [0, 0.1) is 17.3 Å². The smallest absolute Gasteiger partial charge is 0.336 e. The summed E-state index contributed by atoms with van der Waals surface area (Å²) in [4.78, 5) is 11.7. The summed E-state index contributed by atoms with van der Waals surface area (Å²) in [5.74, 6) is -2.23. The van der Waals surface area contributed by atoms with Gasteiger partial charge in [-0.3, -0.25) is 0 Å². The third-order valence-corrected chi connectivity index (χ3v) is 5.90. The summed E-state index contributed by atoms with van der Waals surface area (Å²) in [7, 11) is 0. The van der Waals surface area contributed by atoms with Gasteiger partial charge in [0.1, 0.15) is 0 Å². The van der Waals surface area contributed by atoms with E-state index in [-0.39, 0.29) is 18.3 Å². The molecule has 112 valence electrons. The van der Waals surface area contributed by atoms with Gasteiger partial charge in [0.15, 0.2) is 0 Å². The average molecular weight is 282 g/mol. The topological polar surface area (TPSA) is 87.0 Å². The predicted octanol–water partition coefficient (Wildman–Crippen LogP) is 0.726. The fourth-order valence-corrected chi connectivity index (χ4v) is 4.44. The van der Waals surface area contributed by atoms with Crippen molar-refractivity contribution >= 4 is 5.97 Å². The molecular formula is C15H22O5. The van der Waals surface area contributed by atoms with E-state index in [1.165, 1.54) is 0 Å². The highest BCUT2D eigenvalue weighted by molar-refractivity contribution is 5.92. The van der Waals surface area contributed by atoms with E-state index in [0.29, 0.717) is 24.0 Å². The summed E-state index contributed by atoms with van der Waals surface area (Å²) in [6.07, 6.45) is 0.0523. The van der Waals surface area contributed by atoms with E-state index in [1.54, 1.807) is 6.92 Å². The van der Waals surface area contributed by atoms with Crippen LogP contribution in [0.25, 0.3) is 0 Å². The van der Waals surface area contributed by atoms with Gasteiger partial charge in [-0.1, -0.05) is 13.8 Å². The number of rotatable bonds is 0. The first-order valence-electron chi connectivity index (χ1n) is 7.23. The summed E-state index contributed by atoms with van der Waals surface area (Å²) in [5.41, 5.74) is 0.193. The standard InChI is InChI=1S/C15H22O5/c1-7-4-10(16)5-9-6-15(19)11(8(2)13(18)20-15)12(17)14(7,9)3/h7,9-10,12,16-17,19H,4-6H2,1-3H3/t7-,9+,10+,12+,14+,15-/m0/s1. The fraction of sp³-hybridized carbons (Fsp3) is 0.800. The number of carbonyl (C=O) groups excluding carboxylic acids is 1. The minimum absolute atomic E-state index is 0.0799. The Kier molecular flexibility index (Phi) is 2.85. The van der Waals surface area contributed by atoms with Crippen LogP contribution in [0.4, 0.5) is 0 Å². The molecule has 2 aliphatic carbocycles. The van der Waals surface area contributed by atoms with Gasteiger partial charge < -0.3 is 20.1 Å². The molecule has 3 aliphatic rings. The number of fused-ring (bicyclic) bond motifs is 2. The minimum atomic E-state index is -1.69. The van der Waals surface area contributed by atoms with Crippen LogP contribution in [0.1, 0.15) is 40.0 Å². The maximum absolute atomic E-state index is 11.7. The first-order chi connectivity index (χ1) is 9.20. The number of aliphatic hydroxyl groups excluding tert-OH is 2. The maximum atomic E-state index is 11.7. The van der Waals surface area contributed by atoms with Crippen molar-refractivity contribution in [1.82, 2.24) is 0 Å². The van der Waals surface area contributed by atoms with Crippen LogP contribution in [0.3, 0.4) is 0 Å².